The van der Waals surface area contributed by atoms with Gasteiger partial charge in [-0.1, -0.05) is 48.5 Å². The number of carbonyl (C=O) groups excluding carboxylic acids is 1. The number of hydrogen-bond donors (Lipinski definition) is 0. The average Bonchev–Trinajstić information content (AvgIpc) is 2.72. The van der Waals surface area contributed by atoms with Crippen LogP contribution in [0.4, 0.5) is 11.5 Å². The van der Waals surface area contributed by atoms with Crippen LogP contribution in [0.3, 0.4) is 0 Å². The predicted octanol–water partition coefficient (Wildman–Crippen LogP) is 4.90. The second-order valence-corrected chi connectivity index (χ2v) is 6.81. The monoisotopic (exact) mass is 359 g/mol. The van der Waals surface area contributed by atoms with Crippen LogP contribution in [0.15, 0.2) is 79.0 Å². The molecular weight excluding hydrogens is 334 g/mol. The van der Waals surface area contributed by atoms with Gasteiger partial charge in [-0.3, -0.25) is 4.79 Å². The van der Waals surface area contributed by atoms with E-state index in [4.69, 9.17) is 0 Å². The maximum atomic E-state index is 13.2. The summed E-state index contributed by atoms with van der Waals surface area (Å²) in [7, 11) is 1.95. The smallest absolute Gasteiger partial charge is 0.254 e. The summed E-state index contributed by atoms with van der Waals surface area (Å²) in [4.78, 5) is 21.5. The van der Waals surface area contributed by atoms with E-state index in [1.165, 1.54) is 0 Å². The SMILES string of the molecule is CC(C)N(Cc1ccccc1)C(=O)c1ccnc(N(C)c2ccccc2)c1. The largest absolute Gasteiger partial charge is 0.332 e. The van der Waals surface area contributed by atoms with Crippen molar-refractivity contribution in [3.8, 4) is 0 Å². The number of pyridine rings is 1. The Morgan fingerprint density at radius 1 is 0.963 bits per heavy atom. The number of carbonyl (C=O) groups is 1. The van der Waals surface area contributed by atoms with Gasteiger partial charge in [0.05, 0.1) is 0 Å². The molecule has 3 aromatic rings. The number of rotatable bonds is 6. The molecule has 27 heavy (non-hydrogen) atoms. The van der Waals surface area contributed by atoms with Gasteiger partial charge in [0.2, 0.25) is 0 Å². The molecule has 0 unspecified atom stereocenters. The van der Waals surface area contributed by atoms with Gasteiger partial charge in [-0.15, -0.1) is 0 Å². The number of hydrogen-bond acceptors (Lipinski definition) is 3. The first kappa shape index (κ1) is 18.6. The van der Waals surface area contributed by atoms with Crippen LogP contribution in [-0.2, 0) is 6.54 Å². The molecule has 1 heterocycles. The molecule has 4 nitrogen and oxygen atoms in total. The summed E-state index contributed by atoms with van der Waals surface area (Å²) in [6.07, 6.45) is 1.70. The molecule has 0 fully saturated rings. The van der Waals surface area contributed by atoms with Crippen molar-refractivity contribution in [3.05, 3.63) is 90.1 Å². The molecule has 0 aliphatic rings. The van der Waals surface area contributed by atoms with Crippen LogP contribution in [-0.4, -0.2) is 28.9 Å². The van der Waals surface area contributed by atoms with Crippen LogP contribution in [0.25, 0.3) is 0 Å². The van der Waals surface area contributed by atoms with Gasteiger partial charge in [-0.2, -0.15) is 0 Å². The molecule has 2 aromatic carbocycles. The number of para-hydroxylation sites is 1. The molecule has 0 bridgehead atoms. The number of amides is 1. The van der Waals surface area contributed by atoms with E-state index in [0.717, 1.165) is 17.1 Å². The van der Waals surface area contributed by atoms with Gasteiger partial charge in [-0.05, 0) is 43.7 Å². The van der Waals surface area contributed by atoms with Gasteiger partial charge in [0.25, 0.3) is 5.91 Å². The molecule has 3 rings (SSSR count). The topological polar surface area (TPSA) is 36.4 Å². The fraction of sp³-hybridized carbons (Fsp3) is 0.217. The van der Waals surface area contributed by atoms with Crippen LogP contribution in [0.2, 0.25) is 0 Å². The summed E-state index contributed by atoms with van der Waals surface area (Å²) in [5.41, 5.74) is 2.79. The number of benzene rings is 2. The Balaban J connectivity index is 1.85. The zero-order valence-electron chi connectivity index (χ0n) is 16.0. The normalized spacial score (nSPS) is 10.7. The third-order valence-corrected chi connectivity index (χ3v) is 4.56. The van der Waals surface area contributed by atoms with E-state index in [9.17, 15) is 4.79 Å². The van der Waals surface area contributed by atoms with Crippen molar-refractivity contribution in [2.45, 2.75) is 26.4 Å². The number of aromatic nitrogens is 1. The van der Waals surface area contributed by atoms with Crippen molar-refractivity contribution in [2.75, 3.05) is 11.9 Å². The van der Waals surface area contributed by atoms with Crippen molar-refractivity contribution >= 4 is 17.4 Å². The highest BCUT2D eigenvalue weighted by Crippen LogP contribution is 2.23. The lowest BCUT2D eigenvalue weighted by Gasteiger charge is -2.27. The summed E-state index contributed by atoms with van der Waals surface area (Å²) in [5, 5.41) is 0. The van der Waals surface area contributed by atoms with Crippen LogP contribution >= 0.6 is 0 Å². The van der Waals surface area contributed by atoms with Crippen LogP contribution < -0.4 is 4.90 Å². The molecular formula is C23H25N3O. The molecule has 1 amide bonds. The lowest BCUT2D eigenvalue weighted by molar-refractivity contribution is 0.0690. The van der Waals surface area contributed by atoms with Crippen molar-refractivity contribution in [2.24, 2.45) is 0 Å². The standard InChI is InChI=1S/C23H25N3O/c1-18(2)26(17-19-10-6-4-7-11-19)23(27)20-14-15-24-22(16-20)25(3)21-12-8-5-9-13-21/h4-16,18H,17H2,1-3H3. The van der Waals surface area contributed by atoms with Gasteiger partial charge in [0.1, 0.15) is 5.82 Å². The van der Waals surface area contributed by atoms with E-state index >= 15 is 0 Å². The van der Waals surface area contributed by atoms with Crippen LogP contribution in [0.1, 0.15) is 29.8 Å². The van der Waals surface area contributed by atoms with E-state index < -0.39 is 0 Å². The first-order valence-electron chi connectivity index (χ1n) is 9.16. The van der Waals surface area contributed by atoms with E-state index in [-0.39, 0.29) is 11.9 Å². The highest BCUT2D eigenvalue weighted by Gasteiger charge is 2.20. The lowest BCUT2D eigenvalue weighted by atomic mass is 10.1. The molecule has 4 heteroatoms. The van der Waals surface area contributed by atoms with Gasteiger partial charge < -0.3 is 9.80 Å². The molecule has 0 radical (unpaired) electrons. The zero-order valence-corrected chi connectivity index (χ0v) is 16.0. The predicted molar refractivity (Wildman–Crippen MR) is 110 cm³/mol. The Morgan fingerprint density at radius 2 is 1.59 bits per heavy atom. The van der Waals surface area contributed by atoms with Crippen LogP contribution in [0.5, 0.6) is 0 Å². The van der Waals surface area contributed by atoms with Crippen molar-refractivity contribution in [1.29, 1.82) is 0 Å². The molecule has 1 aromatic heterocycles. The van der Waals surface area contributed by atoms with Crippen molar-refractivity contribution < 1.29 is 4.79 Å². The van der Waals surface area contributed by atoms with E-state index in [1.54, 1.807) is 12.3 Å². The third kappa shape index (κ3) is 4.53. The third-order valence-electron chi connectivity index (χ3n) is 4.56. The fourth-order valence-electron chi connectivity index (χ4n) is 2.95. The highest BCUT2D eigenvalue weighted by atomic mass is 16.2. The van der Waals surface area contributed by atoms with Gasteiger partial charge in [0, 0.05) is 37.1 Å². The second kappa shape index (κ2) is 8.49. The highest BCUT2D eigenvalue weighted by molar-refractivity contribution is 5.95. The number of nitrogens with zero attached hydrogens (tertiary/aromatic N) is 3. The van der Waals surface area contributed by atoms with Crippen LogP contribution in [0, 0.1) is 0 Å². The molecule has 0 aliphatic heterocycles. The Morgan fingerprint density at radius 3 is 2.22 bits per heavy atom. The first-order chi connectivity index (χ1) is 13.1. The maximum absolute atomic E-state index is 13.2. The quantitative estimate of drug-likeness (QED) is 0.628. The minimum Gasteiger partial charge on any atom is -0.332 e. The van der Waals surface area contributed by atoms with E-state index in [1.807, 2.05) is 97.4 Å². The Hall–Kier alpha value is -3.14. The van der Waals surface area contributed by atoms with Crippen molar-refractivity contribution in [1.82, 2.24) is 9.88 Å². The second-order valence-electron chi connectivity index (χ2n) is 6.81. The average molecular weight is 359 g/mol. The summed E-state index contributed by atoms with van der Waals surface area (Å²) < 4.78 is 0. The summed E-state index contributed by atoms with van der Waals surface area (Å²) >= 11 is 0. The Bertz CT molecular complexity index is 878. The molecule has 0 spiro atoms. The fourth-order valence-corrected chi connectivity index (χ4v) is 2.95. The molecule has 0 saturated carbocycles. The van der Waals surface area contributed by atoms with Gasteiger partial charge >= 0.3 is 0 Å². The Labute approximate surface area is 161 Å². The Kier molecular flexibility index (Phi) is 5.87. The van der Waals surface area contributed by atoms with Gasteiger partial charge in [-0.25, -0.2) is 4.98 Å². The summed E-state index contributed by atoms with van der Waals surface area (Å²) in [6.45, 7) is 4.67. The summed E-state index contributed by atoms with van der Waals surface area (Å²) in [5.74, 6) is 0.759. The molecule has 0 saturated heterocycles. The minimum absolute atomic E-state index is 0.0129. The lowest BCUT2D eigenvalue weighted by Crippen LogP contribution is -2.36. The zero-order chi connectivity index (χ0) is 19.2. The van der Waals surface area contributed by atoms with Gasteiger partial charge in [0.15, 0.2) is 0 Å². The summed E-state index contributed by atoms with van der Waals surface area (Å²) in [6, 6.07) is 23.8. The molecule has 138 valence electrons. The minimum atomic E-state index is 0.0129. The van der Waals surface area contributed by atoms with E-state index in [2.05, 4.69) is 4.98 Å². The van der Waals surface area contributed by atoms with Crippen molar-refractivity contribution in [3.63, 3.8) is 0 Å². The number of anilines is 2. The molecule has 0 aliphatic carbocycles. The maximum Gasteiger partial charge on any atom is 0.254 e. The van der Waals surface area contributed by atoms with E-state index in [0.29, 0.717) is 12.1 Å². The molecule has 0 atom stereocenters. The first-order valence-corrected chi connectivity index (χ1v) is 9.16. The molecule has 0 N–H and O–H groups in total.